The summed E-state index contributed by atoms with van der Waals surface area (Å²) in [7, 11) is 1.23. The number of benzene rings is 2. The van der Waals surface area contributed by atoms with E-state index in [4.69, 9.17) is 4.74 Å². The van der Waals surface area contributed by atoms with Gasteiger partial charge in [-0.3, -0.25) is 4.79 Å². The lowest BCUT2D eigenvalue weighted by molar-refractivity contribution is -0.137. The van der Waals surface area contributed by atoms with Crippen LogP contribution in [0, 0.1) is 23.0 Å². The van der Waals surface area contributed by atoms with Gasteiger partial charge in [0.25, 0.3) is 5.56 Å². The molecule has 0 aliphatic heterocycles. The zero-order valence-electron chi connectivity index (χ0n) is 18.9. The van der Waals surface area contributed by atoms with Gasteiger partial charge in [0.05, 0.1) is 35.4 Å². The van der Waals surface area contributed by atoms with Crippen molar-refractivity contribution in [2.24, 2.45) is 0 Å². The number of carbonyl (C=O) groups excluding carboxylic acids is 1. The van der Waals surface area contributed by atoms with Gasteiger partial charge >= 0.3 is 12.1 Å². The van der Waals surface area contributed by atoms with E-state index < -0.39 is 47.0 Å². The van der Waals surface area contributed by atoms with Crippen LogP contribution in [0.15, 0.2) is 65.5 Å². The minimum atomic E-state index is -5.01. The van der Waals surface area contributed by atoms with Gasteiger partial charge in [-0.25, -0.2) is 13.6 Å². The normalized spacial score (nSPS) is 11.3. The van der Waals surface area contributed by atoms with Crippen LogP contribution in [-0.2, 0) is 17.5 Å². The number of nitriles is 1. The van der Waals surface area contributed by atoms with Gasteiger partial charge in [0.2, 0.25) is 0 Å². The molecule has 0 saturated carbocycles. The molecule has 0 saturated heterocycles. The zero-order chi connectivity index (χ0) is 26.9. The number of pyridine rings is 1. The number of halogens is 5. The van der Waals surface area contributed by atoms with Crippen molar-refractivity contribution < 1.29 is 31.5 Å². The molecule has 2 heterocycles. The summed E-state index contributed by atoms with van der Waals surface area (Å²) in [4.78, 5) is 25.7. The molecular weight excluding hydrogens is 515 g/mol. The fourth-order valence-corrected chi connectivity index (χ4v) is 4.73. The molecule has 0 bridgehead atoms. The van der Waals surface area contributed by atoms with Crippen molar-refractivity contribution in [3.8, 4) is 27.1 Å². The largest absolute Gasteiger partial charge is 0.465 e. The van der Waals surface area contributed by atoms with Gasteiger partial charge in [0, 0.05) is 16.5 Å². The summed E-state index contributed by atoms with van der Waals surface area (Å²) in [6, 6.07) is 14.0. The van der Waals surface area contributed by atoms with E-state index in [0.29, 0.717) is 22.6 Å². The molecule has 11 heteroatoms. The first-order valence-electron chi connectivity index (χ1n) is 10.5. The molecular formula is C26H15F5N2O3S. The number of aromatic nitrogens is 1. The molecule has 37 heavy (non-hydrogen) atoms. The number of ether oxygens (including phenoxy) is 1. The Kier molecular flexibility index (Phi) is 6.96. The predicted octanol–water partition coefficient (Wildman–Crippen LogP) is 6.25. The third kappa shape index (κ3) is 5.15. The van der Waals surface area contributed by atoms with Crippen LogP contribution >= 0.6 is 11.3 Å². The van der Waals surface area contributed by atoms with E-state index in [-0.39, 0.29) is 21.7 Å². The molecule has 5 nitrogen and oxygen atoms in total. The second kappa shape index (κ2) is 9.99. The highest BCUT2D eigenvalue weighted by Crippen LogP contribution is 2.38. The fraction of sp³-hybridized carbons (Fsp3) is 0.115. The van der Waals surface area contributed by atoms with Crippen molar-refractivity contribution in [3.63, 3.8) is 0 Å². The Morgan fingerprint density at radius 1 is 1.05 bits per heavy atom. The molecule has 0 amide bonds. The monoisotopic (exact) mass is 530 g/mol. The van der Waals surface area contributed by atoms with Crippen LogP contribution in [0.5, 0.6) is 0 Å². The number of hydrogen-bond acceptors (Lipinski definition) is 5. The highest BCUT2D eigenvalue weighted by molar-refractivity contribution is 7.18. The second-order valence-electron chi connectivity index (χ2n) is 7.79. The Morgan fingerprint density at radius 3 is 2.43 bits per heavy atom. The molecule has 4 rings (SSSR count). The van der Waals surface area contributed by atoms with Crippen molar-refractivity contribution in [3.05, 3.63) is 105 Å². The molecule has 0 N–H and O–H groups in total. The quantitative estimate of drug-likeness (QED) is 0.226. The summed E-state index contributed by atoms with van der Waals surface area (Å²) < 4.78 is 74.6. The maximum atomic E-state index is 14.4. The Morgan fingerprint density at radius 2 is 1.78 bits per heavy atom. The molecule has 0 aliphatic rings. The first kappa shape index (κ1) is 25.8. The van der Waals surface area contributed by atoms with E-state index in [1.807, 2.05) is 0 Å². The lowest BCUT2D eigenvalue weighted by atomic mass is 10.1. The fourth-order valence-electron chi connectivity index (χ4n) is 3.71. The van der Waals surface area contributed by atoms with Crippen molar-refractivity contribution in [2.75, 3.05) is 7.11 Å². The predicted molar refractivity (Wildman–Crippen MR) is 126 cm³/mol. The molecule has 2 aromatic carbocycles. The number of methoxy groups -OCH3 is 1. The summed E-state index contributed by atoms with van der Waals surface area (Å²) in [5, 5.41) is 9.33. The molecule has 0 unspecified atom stereocenters. The molecule has 0 aliphatic carbocycles. The second-order valence-corrected chi connectivity index (χ2v) is 8.87. The van der Waals surface area contributed by atoms with Gasteiger partial charge in [0.1, 0.15) is 23.3 Å². The van der Waals surface area contributed by atoms with Gasteiger partial charge in [0.15, 0.2) is 0 Å². The first-order valence-corrected chi connectivity index (χ1v) is 11.3. The van der Waals surface area contributed by atoms with E-state index in [2.05, 4.69) is 0 Å². The average Bonchev–Trinajstić information content (AvgIpc) is 3.35. The Balaban J connectivity index is 1.91. The number of esters is 1. The lowest BCUT2D eigenvalue weighted by Crippen LogP contribution is -2.28. The SMILES string of the molecule is COC(=O)c1cccc(-c2ccc(-c3cc(C(F)(F)F)c(C#N)c(=O)n3Cc3ccc(F)cc3F)s2)c1. The summed E-state index contributed by atoms with van der Waals surface area (Å²) in [6.07, 6.45) is -5.01. The van der Waals surface area contributed by atoms with Crippen LogP contribution in [0.25, 0.3) is 21.0 Å². The van der Waals surface area contributed by atoms with Crippen molar-refractivity contribution in [2.45, 2.75) is 12.7 Å². The van der Waals surface area contributed by atoms with E-state index >= 15 is 0 Å². The number of alkyl halides is 3. The summed E-state index contributed by atoms with van der Waals surface area (Å²) in [5.74, 6) is -2.44. The molecule has 0 fully saturated rings. The van der Waals surface area contributed by atoms with Gasteiger partial charge in [-0.05, 0) is 42.0 Å². The van der Waals surface area contributed by atoms with Gasteiger partial charge in [-0.15, -0.1) is 11.3 Å². The van der Waals surface area contributed by atoms with Gasteiger partial charge < -0.3 is 9.30 Å². The van der Waals surface area contributed by atoms with Gasteiger partial charge in [-0.1, -0.05) is 18.2 Å². The van der Waals surface area contributed by atoms with Crippen LogP contribution in [-0.4, -0.2) is 17.6 Å². The van der Waals surface area contributed by atoms with E-state index in [9.17, 15) is 36.8 Å². The van der Waals surface area contributed by atoms with Crippen molar-refractivity contribution in [1.82, 2.24) is 4.57 Å². The Labute approximate surface area is 210 Å². The summed E-state index contributed by atoms with van der Waals surface area (Å²) in [6.45, 7) is -0.543. The van der Waals surface area contributed by atoms with Crippen molar-refractivity contribution in [1.29, 1.82) is 5.26 Å². The number of thiophene rings is 1. The average molecular weight is 530 g/mol. The Hall–Kier alpha value is -4.30. The van der Waals surface area contributed by atoms with E-state index in [0.717, 1.165) is 28.0 Å². The number of carbonyl (C=O) groups is 1. The molecule has 4 aromatic rings. The van der Waals surface area contributed by atoms with Gasteiger partial charge in [-0.2, -0.15) is 18.4 Å². The third-order valence-corrected chi connectivity index (χ3v) is 6.64. The molecule has 188 valence electrons. The maximum absolute atomic E-state index is 14.4. The van der Waals surface area contributed by atoms with E-state index in [1.165, 1.54) is 25.3 Å². The highest BCUT2D eigenvalue weighted by atomic mass is 32.1. The number of rotatable bonds is 5. The van der Waals surface area contributed by atoms with E-state index in [1.54, 1.807) is 24.3 Å². The Bertz CT molecular complexity index is 1620. The molecule has 0 radical (unpaired) electrons. The minimum absolute atomic E-state index is 0.157. The topological polar surface area (TPSA) is 72.1 Å². The zero-order valence-corrected chi connectivity index (χ0v) is 19.7. The van der Waals surface area contributed by atoms with Crippen LogP contribution in [0.3, 0.4) is 0 Å². The minimum Gasteiger partial charge on any atom is -0.465 e. The van der Waals surface area contributed by atoms with Crippen LogP contribution in [0.4, 0.5) is 22.0 Å². The molecule has 0 spiro atoms. The molecule has 2 aromatic heterocycles. The molecule has 0 atom stereocenters. The lowest BCUT2D eigenvalue weighted by Gasteiger charge is -2.17. The van der Waals surface area contributed by atoms with Crippen LogP contribution in [0.2, 0.25) is 0 Å². The maximum Gasteiger partial charge on any atom is 0.417 e. The van der Waals surface area contributed by atoms with Crippen LogP contribution in [0.1, 0.15) is 27.0 Å². The summed E-state index contributed by atoms with van der Waals surface area (Å²) in [5.41, 5.74) is -3.36. The number of nitrogens with zero attached hydrogens (tertiary/aromatic N) is 2. The van der Waals surface area contributed by atoms with Crippen molar-refractivity contribution >= 4 is 17.3 Å². The van der Waals surface area contributed by atoms with Crippen LogP contribution < -0.4 is 5.56 Å². The summed E-state index contributed by atoms with van der Waals surface area (Å²) >= 11 is 1.02. The smallest absolute Gasteiger partial charge is 0.417 e. The number of hydrogen-bond donors (Lipinski definition) is 0. The first-order chi connectivity index (χ1) is 17.5. The standard InChI is InChI=1S/C26H15F5N2O3S/c1-36-25(35)15-4-2-3-14(9-15)22-7-8-23(37-22)21-11-19(26(29,30)31)18(12-32)24(34)33(21)13-16-5-6-17(27)10-20(16)28/h2-11H,13H2,1H3. The highest BCUT2D eigenvalue weighted by Gasteiger charge is 2.36. The third-order valence-electron chi connectivity index (χ3n) is 5.49.